The highest BCUT2D eigenvalue weighted by Gasteiger charge is 2.20. The monoisotopic (exact) mass is 393 g/mol. The van der Waals surface area contributed by atoms with E-state index in [9.17, 15) is 14.4 Å². The fourth-order valence-electron chi connectivity index (χ4n) is 3.50. The van der Waals surface area contributed by atoms with Gasteiger partial charge in [-0.15, -0.1) is 0 Å². The van der Waals surface area contributed by atoms with Crippen LogP contribution in [0, 0.1) is 0 Å². The number of hydrogen-bond acceptors (Lipinski definition) is 4. The van der Waals surface area contributed by atoms with E-state index in [1.807, 2.05) is 24.3 Å². The largest absolute Gasteiger partial charge is 0.463 e. The third kappa shape index (κ3) is 5.53. The van der Waals surface area contributed by atoms with Crippen molar-refractivity contribution in [3.63, 3.8) is 0 Å². The van der Waals surface area contributed by atoms with E-state index in [0.29, 0.717) is 24.1 Å². The smallest absolute Gasteiger partial charge is 0.313 e. The summed E-state index contributed by atoms with van der Waals surface area (Å²) in [5.41, 5.74) is 1.90. The standard InChI is InChI=1S/C24H27NO4/c1-18(24(28)29-16-15-25-14-7-3-6-13-22(25)26)20-11-8-12-21(17-20)23(27)19-9-4-2-5-10-19/h2,4-5,8-12,17-18H,3,6-7,13-16H2,1H3. The molecule has 1 amide bonds. The van der Waals surface area contributed by atoms with Crippen LogP contribution in [0.5, 0.6) is 0 Å². The van der Waals surface area contributed by atoms with E-state index in [1.165, 1.54) is 0 Å². The first-order valence-electron chi connectivity index (χ1n) is 10.2. The molecular formula is C24H27NO4. The number of rotatable bonds is 7. The summed E-state index contributed by atoms with van der Waals surface area (Å²) >= 11 is 0. The highest BCUT2D eigenvalue weighted by Crippen LogP contribution is 2.20. The van der Waals surface area contributed by atoms with Crippen molar-refractivity contribution in [2.45, 2.75) is 38.5 Å². The van der Waals surface area contributed by atoms with Crippen LogP contribution in [0.2, 0.25) is 0 Å². The summed E-state index contributed by atoms with van der Waals surface area (Å²) in [6.07, 6.45) is 3.58. The van der Waals surface area contributed by atoms with E-state index in [0.717, 1.165) is 31.4 Å². The summed E-state index contributed by atoms with van der Waals surface area (Å²) in [5.74, 6) is -0.777. The fraction of sp³-hybridized carbons (Fsp3) is 0.375. The zero-order valence-corrected chi connectivity index (χ0v) is 16.8. The molecule has 29 heavy (non-hydrogen) atoms. The predicted octanol–water partition coefficient (Wildman–Crippen LogP) is 3.97. The number of hydrogen-bond donors (Lipinski definition) is 0. The van der Waals surface area contributed by atoms with Gasteiger partial charge in [-0.3, -0.25) is 14.4 Å². The van der Waals surface area contributed by atoms with Gasteiger partial charge in [0.1, 0.15) is 6.61 Å². The van der Waals surface area contributed by atoms with E-state index < -0.39 is 5.92 Å². The summed E-state index contributed by atoms with van der Waals surface area (Å²) in [7, 11) is 0. The molecule has 0 aromatic heterocycles. The molecule has 1 saturated heterocycles. The molecule has 0 N–H and O–H groups in total. The van der Waals surface area contributed by atoms with Gasteiger partial charge in [-0.05, 0) is 31.4 Å². The van der Waals surface area contributed by atoms with Crippen LogP contribution in [0.15, 0.2) is 54.6 Å². The topological polar surface area (TPSA) is 63.7 Å². The Hall–Kier alpha value is -2.95. The Labute approximate surface area is 171 Å². The van der Waals surface area contributed by atoms with Gasteiger partial charge in [0.15, 0.2) is 5.78 Å². The van der Waals surface area contributed by atoms with Gasteiger partial charge >= 0.3 is 5.97 Å². The first kappa shape index (κ1) is 20.8. The molecule has 3 rings (SSSR count). The van der Waals surface area contributed by atoms with E-state index >= 15 is 0 Å². The van der Waals surface area contributed by atoms with Gasteiger partial charge in [-0.1, -0.05) is 55.0 Å². The molecule has 5 heteroatoms. The molecule has 1 heterocycles. The first-order chi connectivity index (χ1) is 14.1. The minimum absolute atomic E-state index is 0.0762. The fourth-order valence-corrected chi connectivity index (χ4v) is 3.50. The predicted molar refractivity (Wildman–Crippen MR) is 111 cm³/mol. The Morgan fingerprint density at radius 1 is 1.00 bits per heavy atom. The van der Waals surface area contributed by atoms with Gasteiger partial charge in [-0.25, -0.2) is 0 Å². The molecule has 1 aliphatic heterocycles. The van der Waals surface area contributed by atoms with Gasteiger partial charge in [0.2, 0.25) is 5.91 Å². The highest BCUT2D eigenvalue weighted by molar-refractivity contribution is 6.09. The van der Waals surface area contributed by atoms with Crippen molar-refractivity contribution in [1.82, 2.24) is 4.90 Å². The summed E-state index contributed by atoms with van der Waals surface area (Å²) < 4.78 is 5.42. The maximum atomic E-state index is 12.6. The van der Waals surface area contributed by atoms with Crippen LogP contribution in [0.4, 0.5) is 0 Å². The average molecular weight is 393 g/mol. The van der Waals surface area contributed by atoms with E-state index in [1.54, 1.807) is 42.2 Å². The zero-order chi connectivity index (χ0) is 20.6. The van der Waals surface area contributed by atoms with Crippen molar-refractivity contribution >= 4 is 17.7 Å². The van der Waals surface area contributed by atoms with Crippen LogP contribution in [-0.2, 0) is 14.3 Å². The Kier molecular flexibility index (Phi) is 7.17. The van der Waals surface area contributed by atoms with E-state index in [-0.39, 0.29) is 24.3 Å². The third-order valence-electron chi connectivity index (χ3n) is 5.32. The molecule has 1 atom stereocenters. The number of esters is 1. The minimum atomic E-state index is -0.488. The number of carbonyl (C=O) groups is 3. The van der Waals surface area contributed by atoms with E-state index in [2.05, 4.69) is 0 Å². The second-order valence-electron chi connectivity index (χ2n) is 7.40. The molecule has 0 bridgehead atoms. The van der Waals surface area contributed by atoms with Gasteiger partial charge in [0.25, 0.3) is 0 Å². The number of nitrogens with zero attached hydrogens (tertiary/aromatic N) is 1. The van der Waals surface area contributed by atoms with Gasteiger partial charge in [0.05, 0.1) is 12.5 Å². The van der Waals surface area contributed by atoms with Crippen molar-refractivity contribution in [2.75, 3.05) is 19.7 Å². The molecule has 1 unspecified atom stereocenters. The lowest BCUT2D eigenvalue weighted by Crippen LogP contribution is -2.34. The summed E-state index contributed by atoms with van der Waals surface area (Å²) in [6.45, 7) is 3.13. The number of amides is 1. The van der Waals surface area contributed by atoms with Crippen molar-refractivity contribution in [3.8, 4) is 0 Å². The molecule has 0 spiro atoms. The normalized spacial score (nSPS) is 15.5. The zero-order valence-electron chi connectivity index (χ0n) is 16.8. The first-order valence-corrected chi connectivity index (χ1v) is 10.2. The quantitative estimate of drug-likeness (QED) is 0.527. The summed E-state index contributed by atoms with van der Waals surface area (Å²) in [4.78, 5) is 38.9. The second kappa shape index (κ2) is 10.0. The Morgan fingerprint density at radius 3 is 2.55 bits per heavy atom. The third-order valence-corrected chi connectivity index (χ3v) is 5.32. The number of benzene rings is 2. The van der Waals surface area contributed by atoms with Gasteiger partial charge in [-0.2, -0.15) is 0 Å². The molecule has 1 fully saturated rings. The van der Waals surface area contributed by atoms with Crippen LogP contribution < -0.4 is 0 Å². The van der Waals surface area contributed by atoms with Crippen LogP contribution in [0.1, 0.15) is 60.0 Å². The molecule has 1 aliphatic rings. The lowest BCUT2D eigenvalue weighted by atomic mass is 9.96. The van der Waals surface area contributed by atoms with Crippen LogP contribution in [0.3, 0.4) is 0 Å². The lowest BCUT2D eigenvalue weighted by Gasteiger charge is -2.21. The summed E-state index contributed by atoms with van der Waals surface area (Å²) in [5, 5.41) is 0. The molecule has 2 aromatic rings. The van der Waals surface area contributed by atoms with E-state index in [4.69, 9.17) is 4.74 Å². The van der Waals surface area contributed by atoms with Gasteiger partial charge < -0.3 is 9.64 Å². The number of likely N-dealkylation sites (tertiary alicyclic amines) is 1. The van der Waals surface area contributed by atoms with Crippen molar-refractivity contribution in [2.24, 2.45) is 0 Å². The van der Waals surface area contributed by atoms with Crippen molar-refractivity contribution < 1.29 is 19.1 Å². The maximum absolute atomic E-state index is 12.6. The molecule has 0 aliphatic carbocycles. The molecule has 0 saturated carbocycles. The van der Waals surface area contributed by atoms with Crippen molar-refractivity contribution in [3.05, 3.63) is 71.3 Å². The molecule has 152 valence electrons. The minimum Gasteiger partial charge on any atom is -0.463 e. The molecular weight excluding hydrogens is 366 g/mol. The second-order valence-corrected chi connectivity index (χ2v) is 7.40. The van der Waals surface area contributed by atoms with Crippen LogP contribution in [0.25, 0.3) is 0 Å². The molecule has 5 nitrogen and oxygen atoms in total. The Balaban J connectivity index is 1.58. The van der Waals surface area contributed by atoms with Crippen LogP contribution in [-0.4, -0.2) is 42.3 Å². The van der Waals surface area contributed by atoms with Gasteiger partial charge in [0, 0.05) is 24.1 Å². The molecule has 0 radical (unpaired) electrons. The van der Waals surface area contributed by atoms with Crippen LogP contribution >= 0.6 is 0 Å². The SMILES string of the molecule is CC(C(=O)OCCN1CCCCCC1=O)c1cccc(C(=O)c2ccccc2)c1. The number of ether oxygens (including phenoxy) is 1. The molecule has 2 aromatic carbocycles. The Morgan fingerprint density at radius 2 is 1.76 bits per heavy atom. The number of ketones is 1. The number of carbonyl (C=O) groups excluding carboxylic acids is 3. The maximum Gasteiger partial charge on any atom is 0.313 e. The van der Waals surface area contributed by atoms with Crippen molar-refractivity contribution in [1.29, 1.82) is 0 Å². The summed E-state index contributed by atoms with van der Waals surface area (Å²) in [6, 6.07) is 16.2. The highest BCUT2D eigenvalue weighted by atomic mass is 16.5. The average Bonchev–Trinajstić information content (AvgIpc) is 2.97. The lowest BCUT2D eigenvalue weighted by molar-refractivity contribution is -0.147. The Bertz CT molecular complexity index is 862.